The van der Waals surface area contributed by atoms with E-state index in [1.807, 2.05) is 24.3 Å². The van der Waals surface area contributed by atoms with Crippen LogP contribution in [0.25, 0.3) is 10.8 Å². The summed E-state index contributed by atoms with van der Waals surface area (Å²) in [4.78, 5) is 12.9. The third kappa shape index (κ3) is 8.18. The number of unbranched alkanes of at least 4 members (excludes halogenated alkanes) is 11. The van der Waals surface area contributed by atoms with E-state index in [9.17, 15) is 9.90 Å². The van der Waals surface area contributed by atoms with Gasteiger partial charge in [0.05, 0.1) is 17.9 Å². The minimum Gasteiger partial charge on any atom is -0.506 e. The Morgan fingerprint density at radius 1 is 0.778 bits per heavy atom. The van der Waals surface area contributed by atoms with Crippen LogP contribution in [0.5, 0.6) is 11.5 Å². The predicted molar refractivity (Wildman–Crippen MR) is 151 cm³/mol. The molecule has 5 nitrogen and oxygen atoms in total. The highest BCUT2D eigenvalue weighted by atomic mass is 16.5. The third-order valence-electron chi connectivity index (χ3n) is 6.70. The van der Waals surface area contributed by atoms with Gasteiger partial charge in [0, 0.05) is 16.5 Å². The number of aromatic hydroxyl groups is 1. The van der Waals surface area contributed by atoms with Crippen molar-refractivity contribution in [3.05, 3.63) is 60.2 Å². The number of carbonyl (C=O) groups is 1. The van der Waals surface area contributed by atoms with Gasteiger partial charge in [-0.1, -0.05) is 108 Å². The minimum atomic E-state index is -0.391. The second-order valence-corrected chi connectivity index (χ2v) is 9.59. The molecule has 3 rings (SSSR count). The number of phenolic OH excluding ortho intramolecular Hbond substituents is 1. The number of nitrogens with two attached hydrogens (primary N) is 1. The van der Waals surface area contributed by atoms with Crippen molar-refractivity contribution in [2.24, 2.45) is 0 Å². The lowest BCUT2D eigenvalue weighted by molar-refractivity contribution is 0.102. The molecule has 5 heteroatoms. The van der Waals surface area contributed by atoms with Gasteiger partial charge >= 0.3 is 0 Å². The van der Waals surface area contributed by atoms with Crippen LogP contribution < -0.4 is 15.8 Å². The Labute approximate surface area is 216 Å². The zero-order chi connectivity index (χ0) is 25.6. The van der Waals surface area contributed by atoms with Crippen LogP contribution in [0.15, 0.2) is 54.6 Å². The summed E-state index contributed by atoms with van der Waals surface area (Å²) in [5.74, 6) is 0.170. The van der Waals surface area contributed by atoms with Gasteiger partial charge in [-0.3, -0.25) is 4.79 Å². The Morgan fingerprint density at radius 3 is 2.11 bits per heavy atom. The molecule has 3 aromatic rings. The molecule has 0 atom stereocenters. The van der Waals surface area contributed by atoms with E-state index in [-0.39, 0.29) is 11.3 Å². The molecule has 0 aromatic heterocycles. The number of phenols is 1. The Bertz CT molecular complexity index is 1100. The van der Waals surface area contributed by atoms with E-state index in [4.69, 9.17) is 10.5 Å². The maximum absolute atomic E-state index is 12.9. The molecular weight excluding hydrogens is 448 g/mol. The van der Waals surface area contributed by atoms with Crippen molar-refractivity contribution in [2.45, 2.75) is 84.0 Å². The average molecular weight is 491 g/mol. The van der Waals surface area contributed by atoms with Crippen LogP contribution in [-0.4, -0.2) is 17.6 Å². The van der Waals surface area contributed by atoms with Gasteiger partial charge in [0.2, 0.25) is 0 Å². The van der Waals surface area contributed by atoms with Crippen molar-refractivity contribution in [1.29, 1.82) is 0 Å². The summed E-state index contributed by atoms with van der Waals surface area (Å²) in [6, 6.07) is 16.1. The molecule has 0 fully saturated rings. The first-order valence-corrected chi connectivity index (χ1v) is 13.6. The lowest BCUT2D eigenvalue weighted by Crippen LogP contribution is -2.13. The number of hydrogen-bond acceptors (Lipinski definition) is 4. The van der Waals surface area contributed by atoms with Gasteiger partial charge in [-0.15, -0.1) is 0 Å². The van der Waals surface area contributed by atoms with Crippen LogP contribution in [-0.2, 0) is 0 Å². The SMILES string of the molecule is CCCCCCCCCCCCCCOc1ccccc1NC(=O)c1ccc2c(N)cccc2c1O. The third-order valence-corrected chi connectivity index (χ3v) is 6.70. The topological polar surface area (TPSA) is 84.6 Å². The Hall–Kier alpha value is -3.21. The smallest absolute Gasteiger partial charge is 0.259 e. The summed E-state index contributed by atoms with van der Waals surface area (Å²) >= 11 is 0. The van der Waals surface area contributed by atoms with E-state index in [0.717, 1.165) is 18.2 Å². The van der Waals surface area contributed by atoms with Crippen molar-refractivity contribution < 1.29 is 14.6 Å². The van der Waals surface area contributed by atoms with E-state index in [2.05, 4.69) is 12.2 Å². The van der Waals surface area contributed by atoms with Crippen LogP contribution in [0.1, 0.15) is 94.3 Å². The Morgan fingerprint density at radius 2 is 1.42 bits per heavy atom. The number of nitrogen functional groups attached to an aromatic ring is 1. The van der Waals surface area contributed by atoms with Gasteiger partial charge in [0.25, 0.3) is 5.91 Å². The normalized spacial score (nSPS) is 11.0. The number of amides is 1. The zero-order valence-corrected chi connectivity index (χ0v) is 21.7. The quantitative estimate of drug-likeness (QED) is 0.139. The summed E-state index contributed by atoms with van der Waals surface area (Å²) in [6.07, 6.45) is 15.6. The second kappa shape index (κ2) is 15.0. The maximum atomic E-state index is 12.9. The highest BCUT2D eigenvalue weighted by Crippen LogP contribution is 2.33. The monoisotopic (exact) mass is 490 g/mol. The number of hydrogen-bond donors (Lipinski definition) is 3. The number of fused-ring (bicyclic) bond motifs is 1. The van der Waals surface area contributed by atoms with Crippen LogP contribution >= 0.6 is 0 Å². The van der Waals surface area contributed by atoms with E-state index < -0.39 is 5.91 Å². The molecule has 3 aromatic carbocycles. The van der Waals surface area contributed by atoms with E-state index >= 15 is 0 Å². The Kier molecular flexibility index (Phi) is 11.4. The fraction of sp³-hybridized carbons (Fsp3) is 0.452. The molecule has 0 bridgehead atoms. The molecule has 0 aliphatic carbocycles. The lowest BCUT2D eigenvalue weighted by atomic mass is 10.0. The number of carbonyl (C=O) groups excluding carboxylic acids is 1. The van der Waals surface area contributed by atoms with Crippen LogP contribution in [0, 0.1) is 0 Å². The molecule has 0 saturated carbocycles. The van der Waals surface area contributed by atoms with E-state index in [0.29, 0.717) is 29.1 Å². The van der Waals surface area contributed by atoms with Crippen molar-refractivity contribution in [3.63, 3.8) is 0 Å². The molecule has 0 saturated heterocycles. The van der Waals surface area contributed by atoms with Crippen LogP contribution in [0.3, 0.4) is 0 Å². The van der Waals surface area contributed by atoms with Crippen molar-refractivity contribution in [1.82, 2.24) is 0 Å². The molecule has 0 unspecified atom stereocenters. The van der Waals surface area contributed by atoms with Gasteiger partial charge in [0.15, 0.2) is 0 Å². The van der Waals surface area contributed by atoms with E-state index in [1.54, 1.807) is 30.3 Å². The number of benzene rings is 3. The number of ether oxygens (including phenoxy) is 1. The molecule has 0 heterocycles. The molecule has 0 aliphatic heterocycles. The fourth-order valence-corrected chi connectivity index (χ4v) is 4.56. The highest BCUT2D eigenvalue weighted by molar-refractivity contribution is 6.11. The fourth-order valence-electron chi connectivity index (χ4n) is 4.56. The summed E-state index contributed by atoms with van der Waals surface area (Å²) < 4.78 is 5.99. The summed E-state index contributed by atoms with van der Waals surface area (Å²) in [5.41, 5.74) is 7.34. The number of anilines is 2. The summed E-state index contributed by atoms with van der Waals surface area (Å²) in [6.45, 7) is 2.88. The van der Waals surface area contributed by atoms with Crippen LogP contribution in [0.4, 0.5) is 11.4 Å². The largest absolute Gasteiger partial charge is 0.506 e. The first-order valence-electron chi connectivity index (χ1n) is 13.6. The number of para-hydroxylation sites is 2. The summed E-state index contributed by atoms with van der Waals surface area (Å²) in [5, 5.41) is 14.8. The Balaban J connectivity index is 1.40. The van der Waals surface area contributed by atoms with Crippen molar-refractivity contribution >= 4 is 28.1 Å². The number of nitrogens with one attached hydrogen (secondary N) is 1. The second-order valence-electron chi connectivity index (χ2n) is 9.59. The summed E-state index contributed by atoms with van der Waals surface area (Å²) in [7, 11) is 0. The average Bonchev–Trinajstić information content (AvgIpc) is 2.88. The standard InChI is InChI=1S/C31H42N2O3/c1-2-3-4-5-6-7-8-9-10-11-12-15-23-36-29-20-14-13-19-28(29)33-31(35)26-22-21-24-25(30(26)34)17-16-18-27(24)32/h13-14,16-22,34H,2-12,15,23,32H2,1H3,(H,33,35). The van der Waals surface area contributed by atoms with Gasteiger partial charge in [0.1, 0.15) is 11.5 Å². The van der Waals surface area contributed by atoms with Crippen molar-refractivity contribution in [3.8, 4) is 11.5 Å². The maximum Gasteiger partial charge on any atom is 0.259 e. The van der Waals surface area contributed by atoms with Gasteiger partial charge in [-0.25, -0.2) is 0 Å². The predicted octanol–water partition coefficient (Wildman–Crippen LogP) is 8.46. The molecule has 0 radical (unpaired) electrons. The van der Waals surface area contributed by atoms with Gasteiger partial charge < -0.3 is 20.9 Å². The molecule has 4 N–H and O–H groups in total. The van der Waals surface area contributed by atoms with Gasteiger partial charge in [-0.05, 0) is 30.7 Å². The number of rotatable bonds is 16. The molecule has 36 heavy (non-hydrogen) atoms. The van der Waals surface area contributed by atoms with E-state index in [1.165, 1.54) is 64.2 Å². The lowest BCUT2D eigenvalue weighted by Gasteiger charge is -2.14. The molecule has 0 spiro atoms. The zero-order valence-electron chi connectivity index (χ0n) is 21.7. The van der Waals surface area contributed by atoms with Crippen molar-refractivity contribution in [2.75, 3.05) is 17.7 Å². The molecule has 194 valence electrons. The molecular formula is C31H42N2O3. The minimum absolute atomic E-state index is 0.0767. The molecule has 0 aliphatic rings. The van der Waals surface area contributed by atoms with Gasteiger partial charge in [-0.2, -0.15) is 0 Å². The molecule has 1 amide bonds. The van der Waals surface area contributed by atoms with Crippen LogP contribution in [0.2, 0.25) is 0 Å². The first kappa shape index (κ1) is 27.4. The first-order chi connectivity index (χ1) is 17.6. The highest BCUT2D eigenvalue weighted by Gasteiger charge is 2.16.